The second-order valence-electron chi connectivity index (χ2n) is 5.71. The average Bonchev–Trinajstić information content (AvgIpc) is 3.13. The zero-order valence-electron chi connectivity index (χ0n) is 15.3. The van der Waals surface area contributed by atoms with Crippen molar-refractivity contribution in [1.29, 1.82) is 0 Å². The SMILES string of the molecule is COc1cc(C=NN=C2NC(=O)CS2)ccc1OCC(=O)Nc1ccccc1Cl. The van der Waals surface area contributed by atoms with Crippen LogP contribution in [0.5, 0.6) is 11.5 Å². The molecule has 3 rings (SSSR count). The van der Waals surface area contributed by atoms with Crippen LogP contribution in [0.3, 0.4) is 0 Å². The van der Waals surface area contributed by atoms with Crippen LogP contribution < -0.4 is 20.1 Å². The Morgan fingerprint density at radius 3 is 2.86 bits per heavy atom. The summed E-state index contributed by atoms with van der Waals surface area (Å²) in [7, 11) is 1.50. The molecular weight excluding hydrogens is 416 g/mol. The molecule has 0 aromatic heterocycles. The standard InChI is InChI=1S/C19H17ClN4O4S/c1-27-16-8-12(9-21-24-19-23-18(26)11-29-19)6-7-15(16)28-10-17(25)22-14-5-3-2-4-13(14)20/h2-9H,10-11H2,1H3,(H,22,25)(H,23,24,26). The Hall–Kier alpha value is -3.04. The van der Waals surface area contributed by atoms with Gasteiger partial charge in [0.1, 0.15) is 0 Å². The molecule has 10 heteroatoms. The molecule has 0 bridgehead atoms. The highest BCUT2D eigenvalue weighted by Gasteiger charge is 2.16. The number of thioether (sulfide) groups is 1. The van der Waals surface area contributed by atoms with E-state index in [9.17, 15) is 9.59 Å². The van der Waals surface area contributed by atoms with Crippen LogP contribution in [0.25, 0.3) is 0 Å². The maximum atomic E-state index is 12.1. The van der Waals surface area contributed by atoms with E-state index in [4.69, 9.17) is 21.1 Å². The summed E-state index contributed by atoms with van der Waals surface area (Å²) in [6.45, 7) is -0.209. The second-order valence-corrected chi connectivity index (χ2v) is 7.08. The predicted octanol–water partition coefficient (Wildman–Crippen LogP) is 2.92. The van der Waals surface area contributed by atoms with Crippen LogP contribution in [-0.4, -0.2) is 42.7 Å². The molecule has 1 aliphatic rings. The number of amides is 2. The minimum Gasteiger partial charge on any atom is -0.493 e. The highest BCUT2D eigenvalue weighted by molar-refractivity contribution is 8.15. The molecule has 2 aromatic rings. The molecule has 0 atom stereocenters. The first-order chi connectivity index (χ1) is 14.0. The Labute approximate surface area is 176 Å². The summed E-state index contributed by atoms with van der Waals surface area (Å²) in [4.78, 5) is 23.2. The van der Waals surface area contributed by atoms with Gasteiger partial charge in [-0.1, -0.05) is 35.5 Å². The third-order valence-electron chi connectivity index (χ3n) is 3.64. The molecule has 1 fully saturated rings. The Morgan fingerprint density at radius 1 is 1.31 bits per heavy atom. The lowest BCUT2D eigenvalue weighted by Gasteiger charge is -2.12. The summed E-state index contributed by atoms with van der Waals surface area (Å²) in [6.07, 6.45) is 1.52. The number of carbonyl (C=O) groups is 2. The first kappa shape index (κ1) is 20.7. The molecule has 2 aromatic carbocycles. The molecule has 8 nitrogen and oxygen atoms in total. The van der Waals surface area contributed by atoms with Gasteiger partial charge in [-0.3, -0.25) is 9.59 Å². The molecule has 0 saturated carbocycles. The molecule has 1 aliphatic heterocycles. The third kappa shape index (κ3) is 5.97. The number of hydrogen-bond acceptors (Lipinski definition) is 7. The van der Waals surface area contributed by atoms with Crippen LogP contribution in [0, 0.1) is 0 Å². The summed E-state index contributed by atoms with van der Waals surface area (Å²) in [5, 5.41) is 14.1. The number of carbonyl (C=O) groups excluding carboxylic acids is 2. The predicted molar refractivity (Wildman–Crippen MR) is 114 cm³/mol. The fourth-order valence-electron chi connectivity index (χ4n) is 2.30. The quantitative estimate of drug-likeness (QED) is 0.517. The highest BCUT2D eigenvalue weighted by atomic mass is 35.5. The topological polar surface area (TPSA) is 101 Å². The van der Waals surface area contributed by atoms with E-state index in [1.165, 1.54) is 25.1 Å². The first-order valence-corrected chi connectivity index (χ1v) is 9.80. The number of para-hydroxylation sites is 1. The van der Waals surface area contributed by atoms with Gasteiger partial charge in [0.05, 0.1) is 29.8 Å². The van der Waals surface area contributed by atoms with Crippen molar-refractivity contribution in [2.75, 3.05) is 24.8 Å². The van der Waals surface area contributed by atoms with Gasteiger partial charge in [-0.2, -0.15) is 5.10 Å². The lowest BCUT2D eigenvalue weighted by molar-refractivity contribution is -0.118. The Bertz CT molecular complexity index is 980. The average molecular weight is 433 g/mol. The van der Waals surface area contributed by atoms with Crippen LogP contribution in [0.1, 0.15) is 5.56 Å². The van der Waals surface area contributed by atoms with E-state index in [0.29, 0.717) is 38.7 Å². The molecule has 0 radical (unpaired) electrons. The Balaban J connectivity index is 1.59. The largest absolute Gasteiger partial charge is 0.493 e. The number of ether oxygens (including phenoxy) is 2. The zero-order valence-corrected chi connectivity index (χ0v) is 16.9. The number of amidine groups is 1. The van der Waals surface area contributed by atoms with Crippen molar-refractivity contribution >= 4 is 52.2 Å². The highest BCUT2D eigenvalue weighted by Crippen LogP contribution is 2.28. The van der Waals surface area contributed by atoms with E-state index in [1.807, 2.05) is 0 Å². The number of anilines is 1. The van der Waals surface area contributed by atoms with Gasteiger partial charge in [-0.15, -0.1) is 5.10 Å². The van der Waals surface area contributed by atoms with Gasteiger partial charge in [0.25, 0.3) is 5.91 Å². The molecule has 2 N–H and O–H groups in total. The summed E-state index contributed by atoms with van der Waals surface area (Å²) < 4.78 is 10.9. The van der Waals surface area contributed by atoms with Gasteiger partial charge in [0.15, 0.2) is 23.3 Å². The molecule has 0 aliphatic carbocycles. The molecule has 1 saturated heterocycles. The lowest BCUT2D eigenvalue weighted by atomic mass is 10.2. The Kier molecular flexibility index (Phi) is 7.09. The monoisotopic (exact) mass is 432 g/mol. The van der Waals surface area contributed by atoms with Gasteiger partial charge in [-0.25, -0.2) is 0 Å². The number of nitrogens with zero attached hydrogens (tertiary/aromatic N) is 2. The minimum absolute atomic E-state index is 0.0920. The minimum atomic E-state index is -0.349. The van der Waals surface area contributed by atoms with Gasteiger partial charge >= 0.3 is 0 Å². The molecule has 2 amide bonds. The molecule has 0 unspecified atom stereocenters. The van der Waals surface area contributed by atoms with E-state index >= 15 is 0 Å². The maximum Gasteiger partial charge on any atom is 0.262 e. The second kappa shape index (κ2) is 9.94. The zero-order chi connectivity index (χ0) is 20.6. The van der Waals surface area contributed by atoms with E-state index in [2.05, 4.69) is 20.8 Å². The van der Waals surface area contributed by atoms with E-state index in [1.54, 1.807) is 42.5 Å². The Morgan fingerprint density at radius 2 is 2.14 bits per heavy atom. The molecular formula is C19H17ClN4O4S. The summed E-state index contributed by atoms with van der Waals surface area (Å²) in [6, 6.07) is 12.1. The van der Waals surface area contributed by atoms with Crippen LogP contribution in [-0.2, 0) is 9.59 Å². The third-order valence-corrected chi connectivity index (χ3v) is 4.83. The summed E-state index contributed by atoms with van der Waals surface area (Å²) >= 11 is 7.31. The molecule has 1 heterocycles. The van der Waals surface area contributed by atoms with Gasteiger partial charge < -0.3 is 20.1 Å². The van der Waals surface area contributed by atoms with E-state index in [0.717, 1.165) is 0 Å². The van der Waals surface area contributed by atoms with Crippen LogP contribution in [0.15, 0.2) is 52.7 Å². The van der Waals surface area contributed by atoms with Crippen molar-refractivity contribution < 1.29 is 19.1 Å². The maximum absolute atomic E-state index is 12.1. The van der Waals surface area contributed by atoms with Crippen LogP contribution in [0.2, 0.25) is 5.02 Å². The van der Waals surface area contributed by atoms with Crippen molar-refractivity contribution in [3.8, 4) is 11.5 Å². The smallest absolute Gasteiger partial charge is 0.262 e. The lowest BCUT2D eigenvalue weighted by Crippen LogP contribution is -2.20. The molecule has 29 heavy (non-hydrogen) atoms. The van der Waals surface area contributed by atoms with Crippen molar-refractivity contribution in [2.45, 2.75) is 0 Å². The molecule has 0 spiro atoms. The van der Waals surface area contributed by atoms with Crippen molar-refractivity contribution in [1.82, 2.24) is 5.32 Å². The molecule has 150 valence electrons. The van der Waals surface area contributed by atoms with Crippen LogP contribution in [0.4, 0.5) is 5.69 Å². The first-order valence-electron chi connectivity index (χ1n) is 8.44. The normalized spacial score (nSPS) is 14.8. The van der Waals surface area contributed by atoms with Crippen molar-refractivity contribution in [2.24, 2.45) is 10.2 Å². The fraction of sp³-hybridized carbons (Fsp3) is 0.158. The van der Waals surface area contributed by atoms with E-state index in [-0.39, 0.29) is 18.4 Å². The van der Waals surface area contributed by atoms with Gasteiger partial charge in [0.2, 0.25) is 5.91 Å². The van der Waals surface area contributed by atoms with Crippen molar-refractivity contribution in [3.63, 3.8) is 0 Å². The fourth-order valence-corrected chi connectivity index (χ4v) is 3.12. The van der Waals surface area contributed by atoms with E-state index < -0.39 is 0 Å². The number of methoxy groups -OCH3 is 1. The number of hydrogen-bond donors (Lipinski definition) is 2. The summed E-state index contributed by atoms with van der Waals surface area (Å²) in [5.74, 6) is 0.751. The van der Waals surface area contributed by atoms with Crippen molar-refractivity contribution in [3.05, 3.63) is 53.1 Å². The summed E-state index contributed by atoms with van der Waals surface area (Å²) in [5.41, 5.74) is 1.23. The number of benzene rings is 2. The van der Waals surface area contributed by atoms with Gasteiger partial charge in [0, 0.05) is 0 Å². The van der Waals surface area contributed by atoms with Crippen LogP contribution >= 0.6 is 23.4 Å². The number of rotatable bonds is 7. The number of nitrogens with one attached hydrogen (secondary N) is 2. The van der Waals surface area contributed by atoms with Gasteiger partial charge in [-0.05, 0) is 35.9 Å². The number of halogens is 1.